The van der Waals surface area contributed by atoms with Crippen LogP contribution in [-0.4, -0.2) is 32.4 Å². The molecule has 0 aliphatic heterocycles. The van der Waals surface area contributed by atoms with E-state index in [9.17, 15) is 5.11 Å². The normalized spacial score (nSPS) is 12.5. The van der Waals surface area contributed by atoms with Crippen molar-refractivity contribution < 1.29 is 5.11 Å². The van der Waals surface area contributed by atoms with Gasteiger partial charge < -0.3 is 10.4 Å². The van der Waals surface area contributed by atoms with Crippen molar-refractivity contribution in [3.63, 3.8) is 0 Å². The second kappa shape index (κ2) is 6.24. The second-order valence-electron chi connectivity index (χ2n) is 4.79. The average molecular weight is 347 g/mol. The minimum Gasteiger partial charge on any atom is -0.391 e. The number of aliphatic hydroxyl groups is 1. The number of benzene rings is 1. The van der Waals surface area contributed by atoms with Gasteiger partial charge in [0.05, 0.1) is 16.8 Å². The van der Waals surface area contributed by atoms with Crippen molar-refractivity contribution in [1.82, 2.24) is 14.6 Å². The number of hydrogen-bond donors (Lipinski definition) is 2. The Balaban J connectivity index is 1.67. The monoisotopic (exact) mass is 346 g/mol. The van der Waals surface area contributed by atoms with Crippen LogP contribution in [0.2, 0.25) is 0 Å². The van der Waals surface area contributed by atoms with Crippen LogP contribution in [0.3, 0.4) is 0 Å². The molecule has 5 nitrogen and oxygen atoms in total. The van der Waals surface area contributed by atoms with Crippen molar-refractivity contribution in [2.24, 2.45) is 0 Å². The van der Waals surface area contributed by atoms with E-state index in [1.54, 1.807) is 23.1 Å². The van der Waals surface area contributed by atoms with E-state index in [4.69, 9.17) is 0 Å². The minimum atomic E-state index is -0.476. The summed E-state index contributed by atoms with van der Waals surface area (Å²) in [6.45, 7) is 0.430. The molecule has 0 radical (unpaired) electrons. The topological polar surface area (TPSA) is 62.5 Å². The Morgan fingerprint density at radius 2 is 2.10 bits per heavy atom. The molecule has 0 saturated carbocycles. The summed E-state index contributed by atoms with van der Waals surface area (Å²) in [5.41, 5.74) is 1.98. The SMILES string of the molecule is OC(CNc1nccn2ncc(Br)c12)Cc1ccccc1. The fraction of sp³-hybridized carbons (Fsp3) is 0.200. The van der Waals surface area contributed by atoms with Gasteiger partial charge in [-0.1, -0.05) is 30.3 Å². The van der Waals surface area contributed by atoms with Gasteiger partial charge in [-0.2, -0.15) is 5.10 Å². The number of nitrogens with zero attached hydrogens (tertiary/aromatic N) is 3. The molecule has 6 heteroatoms. The van der Waals surface area contributed by atoms with Gasteiger partial charge in [-0.15, -0.1) is 0 Å². The summed E-state index contributed by atoms with van der Waals surface area (Å²) >= 11 is 3.45. The summed E-state index contributed by atoms with van der Waals surface area (Å²) in [6, 6.07) is 9.93. The highest BCUT2D eigenvalue weighted by atomic mass is 79.9. The van der Waals surface area contributed by atoms with Crippen LogP contribution >= 0.6 is 15.9 Å². The van der Waals surface area contributed by atoms with Gasteiger partial charge in [-0.25, -0.2) is 9.50 Å². The molecule has 21 heavy (non-hydrogen) atoms. The van der Waals surface area contributed by atoms with Crippen LogP contribution in [-0.2, 0) is 6.42 Å². The third kappa shape index (κ3) is 3.22. The molecular formula is C15H15BrN4O. The first-order valence-corrected chi connectivity index (χ1v) is 7.47. The molecule has 0 fully saturated rings. The van der Waals surface area contributed by atoms with E-state index in [2.05, 4.69) is 31.3 Å². The van der Waals surface area contributed by atoms with Crippen molar-refractivity contribution in [3.05, 3.63) is 59.0 Å². The summed E-state index contributed by atoms with van der Waals surface area (Å²) < 4.78 is 2.61. The maximum absolute atomic E-state index is 10.1. The molecular weight excluding hydrogens is 332 g/mol. The quantitative estimate of drug-likeness (QED) is 0.745. The number of fused-ring (bicyclic) bond motifs is 1. The van der Waals surface area contributed by atoms with Gasteiger partial charge in [0.2, 0.25) is 0 Å². The van der Waals surface area contributed by atoms with Crippen molar-refractivity contribution in [2.75, 3.05) is 11.9 Å². The zero-order chi connectivity index (χ0) is 14.7. The molecule has 3 aromatic rings. The first kappa shape index (κ1) is 14.0. The number of nitrogens with one attached hydrogen (secondary N) is 1. The molecule has 0 spiro atoms. The minimum absolute atomic E-state index is 0.430. The van der Waals surface area contributed by atoms with Crippen molar-refractivity contribution in [3.8, 4) is 0 Å². The van der Waals surface area contributed by atoms with Gasteiger partial charge >= 0.3 is 0 Å². The average Bonchev–Trinajstić information content (AvgIpc) is 2.88. The molecule has 0 bridgehead atoms. The highest BCUT2D eigenvalue weighted by Crippen LogP contribution is 2.23. The molecule has 2 N–H and O–H groups in total. The van der Waals surface area contributed by atoms with Gasteiger partial charge in [0.25, 0.3) is 0 Å². The number of hydrogen-bond acceptors (Lipinski definition) is 4. The second-order valence-corrected chi connectivity index (χ2v) is 5.64. The van der Waals surface area contributed by atoms with Crippen LogP contribution in [0.1, 0.15) is 5.56 Å². The Hall–Kier alpha value is -1.92. The van der Waals surface area contributed by atoms with E-state index in [0.717, 1.165) is 15.6 Å². The van der Waals surface area contributed by atoms with Crippen molar-refractivity contribution >= 4 is 27.3 Å². The predicted molar refractivity (Wildman–Crippen MR) is 85.3 cm³/mol. The largest absolute Gasteiger partial charge is 0.391 e. The van der Waals surface area contributed by atoms with Gasteiger partial charge in [0.1, 0.15) is 5.52 Å². The van der Waals surface area contributed by atoms with Crippen LogP contribution in [0, 0.1) is 0 Å². The molecule has 0 saturated heterocycles. The van der Waals surface area contributed by atoms with E-state index in [0.29, 0.717) is 18.8 Å². The molecule has 108 valence electrons. The van der Waals surface area contributed by atoms with Crippen LogP contribution in [0.5, 0.6) is 0 Å². The first-order chi connectivity index (χ1) is 10.2. The lowest BCUT2D eigenvalue weighted by Crippen LogP contribution is -2.22. The number of anilines is 1. The standard InChI is InChI=1S/C15H15BrN4O/c16-13-10-19-20-7-6-17-15(14(13)20)18-9-12(21)8-11-4-2-1-3-5-11/h1-7,10,12,21H,8-9H2,(H,17,18). The number of aromatic nitrogens is 3. The smallest absolute Gasteiger partial charge is 0.153 e. The summed E-state index contributed by atoms with van der Waals surface area (Å²) in [7, 11) is 0. The zero-order valence-electron chi connectivity index (χ0n) is 11.3. The molecule has 3 rings (SSSR count). The molecule has 1 atom stereocenters. The maximum Gasteiger partial charge on any atom is 0.153 e. The van der Waals surface area contributed by atoms with E-state index in [-0.39, 0.29) is 0 Å². The van der Waals surface area contributed by atoms with Gasteiger partial charge in [0.15, 0.2) is 5.82 Å². The summed E-state index contributed by atoms with van der Waals surface area (Å²) in [6.07, 6.45) is 5.32. The predicted octanol–water partition coefficient (Wildman–Crippen LogP) is 2.51. The summed E-state index contributed by atoms with van der Waals surface area (Å²) in [5, 5.41) is 17.5. The molecule has 1 unspecified atom stereocenters. The van der Waals surface area contributed by atoms with Crippen molar-refractivity contribution in [2.45, 2.75) is 12.5 Å². The van der Waals surface area contributed by atoms with Crippen LogP contribution in [0.25, 0.3) is 5.52 Å². The zero-order valence-corrected chi connectivity index (χ0v) is 12.9. The lowest BCUT2D eigenvalue weighted by Gasteiger charge is -2.13. The lowest BCUT2D eigenvalue weighted by molar-refractivity contribution is 0.188. The highest BCUT2D eigenvalue weighted by molar-refractivity contribution is 9.10. The number of halogens is 1. The van der Waals surface area contributed by atoms with Gasteiger partial charge in [-0.05, 0) is 21.5 Å². The summed E-state index contributed by atoms with van der Waals surface area (Å²) in [5.74, 6) is 0.703. The van der Waals surface area contributed by atoms with E-state index >= 15 is 0 Å². The molecule has 0 amide bonds. The Morgan fingerprint density at radius 1 is 1.29 bits per heavy atom. The van der Waals surface area contributed by atoms with Crippen LogP contribution < -0.4 is 5.32 Å². The fourth-order valence-electron chi connectivity index (χ4n) is 2.21. The Kier molecular flexibility index (Phi) is 4.17. The van der Waals surface area contributed by atoms with Crippen molar-refractivity contribution in [1.29, 1.82) is 0 Å². The lowest BCUT2D eigenvalue weighted by atomic mass is 10.1. The van der Waals surface area contributed by atoms with E-state index in [1.165, 1.54) is 0 Å². The third-order valence-electron chi connectivity index (χ3n) is 3.21. The Bertz CT molecular complexity index is 729. The van der Waals surface area contributed by atoms with Crippen LogP contribution in [0.15, 0.2) is 53.4 Å². The summed E-state index contributed by atoms with van der Waals surface area (Å²) in [4.78, 5) is 4.31. The number of rotatable bonds is 5. The van der Waals surface area contributed by atoms with Gasteiger partial charge in [0, 0.05) is 25.4 Å². The van der Waals surface area contributed by atoms with Gasteiger partial charge in [-0.3, -0.25) is 0 Å². The highest BCUT2D eigenvalue weighted by Gasteiger charge is 2.10. The third-order valence-corrected chi connectivity index (χ3v) is 3.79. The number of aliphatic hydroxyl groups excluding tert-OH is 1. The maximum atomic E-state index is 10.1. The first-order valence-electron chi connectivity index (χ1n) is 6.68. The van der Waals surface area contributed by atoms with E-state index in [1.807, 2.05) is 30.3 Å². The Morgan fingerprint density at radius 3 is 2.90 bits per heavy atom. The molecule has 2 heterocycles. The molecule has 2 aromatic heterocycles. The van der Waals surface area contributed by atoms with Crippen LogP contribution in [0.4, 0.5) is 5.82 Å². The molecule has 1 aromatic carbocycles. The molecule has 0 aliphatic carbocycles. The van der Waals surface area contributed by atoms with E-state index < -0.39 is 6.10 Å². The fourth-order valence-corrected chi connectivity index (χ4v) is 2.67. The molecule has 0 aliphatic rings. The Labute approximate surface area is 130 Å².